The Kier molecular flexibility index (Phi) is 4.54. The molecule has 0 aliphatic carbocycles. The molecule has 2 aromatic carbocycles. The van der Waals surface area contributed by atoms with Gasteiger partial charge in [0.05, 0.1) is 5.56 Å². The number of nitrogens with one attached hydrogen (secondary N) is 1. The van der Waals surface area contributed by atoms with Crippen LogP contribution in [-0.2, 0) is 6.42 Å². The molecule has 6 heteroatoms. The van der Waals surface area contributed by atoms with Crippen LogP contribution in [0.3, 0.4) is 0 Å². The largest absolute Gasteiger partial charge is 0.508 e. The van der Waals surface area contributed by atoms with Gasteiger partial charge in [0, 0.05) is 13.1 Å². The lowest BCUT2D eigenvalue weighted by Crippen LogP contribution is -2.29. The molecule has 1 saturated heterocycles. The number of phenolic OH excluding ortho intramolecular Hbond substituents is 1. The summed E-state index contributed by atoms with van der Waals surface area (Å²) >= 11 is 0. The molecule has 1 aromatic heterocycles. The number of benzene rings is 2. The number of amides is 1. The Morgan fingerprint density at radius 3 is 2.81 bits per heavy atom. The van der Waals surface area contributed by atoms with Gasteiger partial charge in [0.1, 0.15) is 11.4 Å². The Bertz CT molecular complexity index is 952. The van der Waals surface area contributed by atoms with Gasteiger partial charge in [-0.25, -0.2) is 0 Å². The maximum Gasteiger partial charge on any atom is 0.272 e. The summed E-state index contributed by atoms with van der Waals surface area (Å²) in [5.41, 5.74) is 9.09. The normalized spacial score (nSPS) is 16.6. The quantitative estimate of drug-likeness (QED) is 0.665. The molecule has 1 unspecified atom stereocenters. The number of aromatic hydroxyl groups is 1. The standard InChI is InChI=1S/C21H22N4O2/c22-20-18(16-6-2-1-3-7-16)19(23-24-20)21(27)25-10-9-15(13-25)11-14-5-4-8-17(26)12-14/h1-8,12,15,26H,9-11,13H2,(H3,22,23,24). The van der Waals surface area contributed by atoms with Crippen LogP contribution in [0.2, 0.25) is 0 Å². The average Bonchev–Trinajstić information content (AvgIpc) is 3.29. The topological polar surface area (TPSA) is 95.2 Å². The van der Waals surface area contributed by atoms with Gasteiger partial charge < -0.3 is 15.7 Å². The van der Waals surface area contributed by atoms with Crippen molar-refractivity contribution in [2.75, 3.05) is 18.8 Å². The predicted octanol–water partition coefficient (Wildman–Crippen LogP) is 3.07. The maximum absolute atomic E-state index is 13.1. The van der Waals surface area contributed by atoms with Gasteiger partial charge in [-0.1, -0.05) is 42.5 Å². The van der Waals surface area contributed by atoms with Crippen molar-refractivity contribution >= 4 is 11.7 Å². The molecule has 1 amide bonds. The Labute approximate surface area is 157 Å². The third-order valence-electron chi connectivity index (χ3n) is 5.08. The first-order chi connectivity index (χ1) is 13.1. The highest BCUT2D eigenvalue weighted by atomic mass is 16.3. The number of likely N-dealkylation sites (tertiary alicyclic amines) is 1. The molecule has 4 rings (SSSR count). The molecule has 27 heavy (non-hydrogen) atoms. The molecule has 0 radical (unpaired) electrons. The van der Waals surface area contributed by atoms with Crippen molar-refractivity contribution in [3.05, 3.63) is 65.9 Å². The fraction of sp³-hybridized carbons (Fsp3) is 0.238. The highest BCUT2D eigenvalue weighted by molar-refractivity contribution is 6.01. The number of hydrogen-bond acceptors (Lipinski definition) is 4. The Hall–Kier alpha value is -3.28. The van der Waals surface area contributed by atoms with Crippen molar-refractivity contribution in [2.45, 2.75) is 12.8 Å². The Morgan fingerprint density at radius 1 is 1.22 bits per heavy atom. The van der Waals surface area contributed by atoms with E-state index in [0.717, 1.165) is 24.0 Å². The van der Waals surface area contributed by atoms with Crippen LogP contribution in [0.25, 0.3) is 11.1 Å². The maximum atomic E-state index is 13.1. The molecule has 1 aliphatic heterocycles. The van der Waals surface area contributed by atoms with Crippen molar-refractivity contribution in [1.29, 1.82) is 0 Å². The lowest BCUT2D eigenvalue weighted by molar-refractivity contribution is 0.0782. The van der Waals surface area contributed by atoms with Crippen LogP contribution in [0.5, 0.6) is 5.75 Å². The first kappa shape index (κ1) is 17.1. The summed E-state index contributed by atoms with van der Waals surface area (Å²) in [6.45, 7) is 1.39. The minimum atomic E-state index is -0.0727. The summed E-state index contributed by atoms with van der Waals surface area (Å²) in [6.07, 6.45) is 1.78. The molecule has 3 aromatic rings. The van der Waals surface area contributed by atoms with E-state index in [2.05, 4.69) is 10.2 Å². The molecule has 1 aliphatic rings. The van der Waals surface area contributed by atoms with Gasteiger partial charge in [-0.2, -0.15) is 5.10 Å². The smallest absolute Gasteiger partial charge is 0.272 e. The summed E-state index contributed by atoms with van der Waals surface area (Å²) in [4.78, 5) is 14.9. The predicted molar refractivity (Wildman–Crippen MR) is 104 cm³/mol. The number of rotatable bonds is 4. The van der Waals surface area contributed by atoms with E-state index in [1.54, 1.807) is 12.1 Å². The van der Waals surface area contributed by atoms with Crippen molar-refractivity contribution in [2.24, 2.45) is 5.92 Å². The van der Waals surface area contributed by atoms with Gasteiger partial charge in [0.25, 0.3) is 5.91 Å². The van der Waals surface area contributed by atoms with E-state index in [1.807, 2.05) is 47.4 Å². The van der Waals surface area contributed by atoms with Gasteiger partial charge in [-0.15, -0.1) is 0 Å². The van der Waals surface area contributed by atoms with Crippen molar-refractivity contribution in [3.8, 4) is 16.9 Å². The first-order valence-corrected chi connectivity index (χ1v) is 9.08. The molecule has 0 saturated carbocycles. The average molecular weight is 362 g/mol. The van der Waals surface area contributed by atoms with Crippen LogP contribution in [0.1, 0.15) is 22.5 Å². The van der Waals surface area contributed by atoms with Crippen LogP contribution < -0.4 is 5.73 Å². The third kappa shape index (κ3) is 3.51. The van der Waals surface area contributed by atoms with Gasteiger partial charge in [0.2, 0.25) is 0 Å². The van der Waals surface area contributed by atoms with Gasteiger partial charge >= 0.3 is 0 Å². The molecule has 6 nitrogen and oxygen atoms in total. The van der Waals surface area contributed by atoms with E-state index < -0.39 is 0 Å². The number of carbonyl (C=O) groups excluding carboxylic acids is 1. The highest BCUT2D eigenvalue weighted by Gasteiger charge is 2.30. The van der Waals surface area contributed by atoms with E-state index >= 15 is 0 Å². The van der Waals surface area contributed by atoms with Gasteiger partial charge in [-0.3, -0.25) is 9.89 Å². The number of nitrogen functional groups attached to an aromatic ring is 1. The first-order valence-electron chi connectivity index (χ1n) is 9.08. The summed E-state index contributed by atoms with van der Waals surface area (Å²) in [5.74, 6) is 0.909. The van der Waals surface area contributed by atoms with Crippen molar-refractivity contribution < 1.29 is 9.90 Å². The minimum Gasteiger partial charge on any atom is -0.508 e. The summed E-state index contributed by atoms with van der Waals surface area (Å²) in [7, 11) is 0. The monoisotopic (exact) mass is 362 g/mol. The van der Waals surface area contributed by atoms with Crippen molar-refractivity contribution in [3.63, 3.8) is 0 Å². The van der Waals surface area contributed by atoms with E-state index in [-0.39, 0.29) is 11.7 Å². The Morgan fingerprint density at radius 2 is 2.04 bits per heavy atom. The molecular formula is C21H22N4O2. The number of anilines is 1. The Balaban J connectivity index is 1.50. The van der Waals surface area contributed by atoms with Crippen molar-refractivity contribution in [1.82, 2.24) is 15.1 Å². The van der Waals surface area contributed by atoms with Crippen LogP contribution >= 0.6 is 0 Å². The molecule has 0 bridgehead atoms. The molecule has 4 N–H and O–H groups in total. The zero-order valence-electron chi connectivity index (χ0n) is 14.9. The van der Waals surface area contributed by atoms with Gasteiger partial charge in [0.15, 0.2) is 5.82 Å². The lowest BCUT2D eigenvalue weighted by Gasteiger charge is -2.17. The zero-order chi connectivity index (χ0) is 18.8. The fourth-order valence-corrected chi connectivity index (χ4v) is 3.77. The SMILES string of the molecule is Nc1n[nH]c(C(=O)N2CCC(Cc3cccc(O)c3)C2)c1-c1ccccc1. The minimum absolute atomic E-state index is 0.0727. The molecule has 1 atom stereocenters. The lowest BCUT2D eigenvalue weighted by atomic mass is 9.98. The van der Waals surface area contributed by atoms with Crippen LogP contribution in [0.4, 0.5) is 5.82 Å². The number of hydrogen-bond donors (Lipinski definition) is 3. The van der Waals surface area contributed by atoms with Crippen LogP contribution in [-0.4, -0.2) is 39.2 Å². The van der Waals surface area contributed by atoms with Crippen LogP contribution in [0, 0.1) is 5.92 Å². The van der Waals surface area contributed by atoms with E-state index in [0.29, 0.717) is 36.1 Å². The number of nitrogens with zero attached hydrogens (tertiary/aromatic N) is 2. The summed E-state index contributed by atoms with van der Waals surface area (Å²) in [6, 6.07) is 16.9. The van der Waals surface area contributed by atoms with Gasteiger partial charge in [-0.05, 0) is 42.0 Å². The number of carbonyl (C=O) groups is 1. The fourth-order valence-electron chi connectivity index (χ4n) is 3.77. The second-order valence-corrected chi connectivity index (χ2v) is 7.00. The number of aromatic nitrogens is 2. The molecule has 0 spiro atoms. The van der Waals surface area contributed by atoms with E-state index in [1.165, 1.54) is 0 Å². The highest BCUT2D eigenvalue weighted by Crippen LogP contribution is 2.30. The zero-order valence-corrected chi connectivity index (χ0v) is 14.9. The van der Waals surface area contributed by atoms with E-state index in [4.69, 9.17) is 5.73 Å². The molecule has 1 fully saturated rings. The molecule has 138 valence electrons. The number of H-pyrrole nitrogens is 1. The number of nitrogens with two attached hydrogens (primary N) is 1. The second-order valence-electron chi connectivity index (χ2n) is 7.00. The van der Waals surface area contributed by atoms with Crippen LogP contribution in [0.15, 0.2) is 54.6 Å². The molecule has 2 heterocycles. The summed E-state index contributed by atoms with van der Waals surface area (Å²) in [5, 5.41) is 16.5. The molecular weight excluding hydrogens is 340 g/mol. The number of aromatic amines is 1. The summed E-state index contributed by atoms with van der Waals surface area (Å²) < 4.78 is 0. The second kappa shape index (κ2) is 7.15. The number of phenols is 1. The third-order valence-corrected chi connectivity index (χ3v) is 5.08. The van der Waals surface area contributed by atoms with E-state index in [9.17, 15) is 9.90 Å².